The van der Waals surface area contributed by atoms with Gasteiger partial charge in [-0.15, -0.1) is 0 Å². The first-order valence-corrected chi connectivity index (χ1v) is 9.80. The van der Waals surface area contributed by atoms with Crippen molar-refractivity contribution in [2.24, 2.45) is 0 Å². The van der Waals surface area contributed by atoms with Crippen molar-refractivity contribution in [3.63, 3.8) is 0 Å². The van der Waals surface area contributed by atoms with Gasteiger partial charge in [0.2, 0.25) is 5.91 Å². The van der Waals surface area contributed by atoms with Crippen LogP contribution in [0.2, 0.25) is 5.02 Å². The van der Waals surface area contributed by atoms with E-state index in [4.69, 9.17) is 11.6 Å². The van der Waals surface area contributed by atoms with Gasteiger partial charge in [0.1, 0.15) is 6.54 Å². The van der Waals surface area contributed by atoms with Crippen molar-refractivity contribution in [3.05, 3.63) is 47.4 Å². The fourth-order valence-corrected chi connectivity index (χ4v) is 4.33. The Bertz CT molecular complexity index is 860. The number of carbonyl (C=O) groups is 1. The van der Waals surface area contributed by atoms with Crippen LogP contribution in [0.4, 0.5) is 0 Å². The Hall–Kier alpha value is -1.90. The number of amides is 1. The minimum Gasteiger partial charge on any atom is -0.350 e. The molecule has 1 aliphatic rings. The molecular weight excluding hydrogens is 364 g/mol. The van der Waals surface area contributed by atoms with Gasteiger partial charge < -0.3 is 9.88 Å². The number of hydrogen-bond donors (Lipinski definition) is 1. The lowest BCUT2D eigenvalue weighted by molar-refractivity contribution is -0.121. The molecule has 3 rings (SSSR count). The lowest BCUT2D eigenvalue weighted by Gasteiger charge is -2.12. The molecule has 1 fully saturated rings. The van der Waals surface area contributed by atoms with Crippen LogP contribution in [0.5, 0.6) is 0 Å². The van der Waals surface area contributed by atoms with Crippen molar-refractivity contribution in [1.29, 1.82) is 0 Å². The number of imidazole rings is 1. The number of hydrogen-bond acceptors (Lipinski definition) is 4. The Kier molecular flexibility index (Phi) is 5.41. The van der Waals surface area contributed by atoms with E-state index in [1.54, 1.807) is 6.07 Å². The molecule has 1 saturated heterocycles. The smallest absolute Gasteiger partial charge is 0.262 e. The zero-order valence-electron chi connectivity index (χ0n) is 13.6. The summed E-state index contributed by atoms with van der Waals surface area (Å²) in [4.78, 5) is 16.0. The number of sulfonamides is 1. The van der Waals surface area contributed by atoms with Crippen LogP contribution in [0.25, 0.3) is 0 Å². The first-order chi connectivity index (χ1) is 12.0. The molecule has 0 atom stereocenters. The fraction of sp³-hybridized carbons (Fsp3) is 0.375. The molecule has 2 heterocycles. The Morgan fingerprint density at radius 1 is 1.24 bits per heavy atom. The molecule has 134 valence electrons. The first kappa shape index (κ1) is 17.9. The minimum atomic E-state index is -3.56. The Morgan fingerprint density at radius 2 is 1.96 bits per heavy atom. The largest absolute Gasteiger partial charge is 0.350 e. The molecule has 0 aliphatic carbocycles. The van der Waals surface area contributed by atoms with Gasteiger partial charge in [0.15, 0.2) is 5.03 Å². The first-order valence-electron chi connectivity index (χ1n) is 7.99. The maximum Gasteiger partial charge on any atom is 0.262 e. The van der Waals surface area contributed by atoms with Crippen molar-refractivity contribution in [3.8, 4) is 0 Å². The summed E-state index contributed by atoms with van der Waals surface area (Å²) in [6.07, 6.45) is 4.48. The van der Waals surface area contributed by atoms with Gasteiger partial charge in [0.25, 0.3) is 10.0 Å². The molecule has 2 aromatic rings. The van der Waals surface area contributed by atoms with Crippen LogP contribution in [0.15, 0.2) is 41.8 Å². The second kappa shape index (κ2) is 7.55. The van der Waals surface area contributed by atoms with Crippen molar-refractivity contribution in [1.82, 2.24) is 19.2 Å². The number of rotatable bonds is 6. The summed E-state index contributed by atoms with van der Waals surface area (Å²) in [6.45, 7) is 1.35. The molecule has 7 nitrogen and oxygen atoms in total. The van der Waals surface area contributed by atoms with Gasteiger partial charge >= 0.3 is 0 Å². The zero-order valence-corrected chi connectivity index (χ0v) is 15.1. The molecule has 1 aromatic carbocycles. The van der Waals surface area contributed by atoms with Crippen molar-refractivity contribution >= 4 is 27.5 Å². The Morgan fingerprint density at radius 3 is 2.68 bits per heavy atom. The van der Waals surface area contributed by atoms with E-state index in [0.717, 1.165) is 18.4 Å². The van der Waals surface area contributed by atoms with E-state index in [-0.39, 0.29) is 17.5 Å². The predicted molar refractivity (Wildman–Crippen MR) is 93.5 cm³/mol. The highest BCUT2D eigenvalue weighted by atomic mass is 35.5. The highest BCUT2D eigenvalue weighted by molar-refractivity contribution is 7.89. The van der Waals surface area contributed by atoms with Crippen LogP contribution in [0, 0.1) is 0 Å². The molecule has 0 spiro atoms. The number of nitrogens with zero attached hydrogens (tertiary/aromatic N) is 3. The fourth-order valence-electron chi connectivity index (χ4n) is 2.68. The highest BCUT2D eigenvalue weighted by Gasteiger charge is 2.29. The van der Waals surface area contributed by atoms with E-state index >= 15 is 0 Å². The molecule has 1 N–H and O–H groups in total. The quantitative estimate of drug-likeness (QED) is 0.823. The van der Waals surface area contributed by atoms with Gasteiger partial charge in [-0.1, -0.05) is 29.8 Å². The van der Waals surface area contributed by atoms with Gasteiger partial charge in [0, 0.05) is 30.9 Å². The maximum atomic E-state index is 12.4. The minimum absolute atomic E-state index is 0.00697. The third kappa shape index (κ3) is 4.20. The van der Waals surface area contributed by atoms with E-state index in [2.05, 4.69) is 10.3 Å². The van der Waals surface area contributed by atoms with E-state index in [9.17, 15) is 13.2 Å². The van der Waals surface area contributed by atoms with E-state index in [1.165, 1.54) is 21.4 Å². The van der Waals surface area contributed by atoms with Gasteiger partial charge in [-0.2, -0.15) is 4.31 Å². The zero-order chi connectivity index (χ0) is 17.9. The van der Waals surface area contributed by atoms with Crippen LogP contribution < -0.4 is 5.32 Å². The van der Waals surface area contributed by atoms with Gasteiger partial charge in [0.05, 0.1) is 6.33 Å². The van der Waals surface area contributed by atoms with Gasteiger partial charge in [-0.25, -0.2) is 13.4 Å². The lowest BCUT2D eigenvalue weighted by atomic mass is 10.2. The molecule has 25 heavy (non-hydrogen) atoms. The second-order valence-corrected chi connectivity index (χ2v) is 8.16. The standard InChI is InChI=1S/C16H19ClN4O3S/c17-14-6-2-1-5-13(14)9-18-15(22)10-20-11-16(19-12-20)25(23,24)21-7-3-4-8-21/h1-2,5-6,11-12H,3-4,7-10H2,(H,18,22). The monoisotopic (exact) mass is 382 g/mol. The van der Waals surface area contributed by atoms with Crippen molar-refractivity contribution < 1.29 is 13.2 Å². The normalized spacial score (nSPS) is 15.4. The van der Waals surface area contributed by atoms with E-state index < -0.39 is 10.0 Å². The van der Waals surface area contributed by atoms with Crippen molar-refractivity contribution in [2.75, 3.05) is 13.1 Å². The molecule has 9 heteroatoms. The maximum absolute atomic E-state index is 12.4. The summed E-state index contributed by atoms with van der Waals surface area (Å²) < 4.78 is 27.7. The third-order valence-electron chi connectivity index (χ3n) is 4.04. The van der Waals surface area contributed by atoms with E-state index in [0.29, 0.717) is 24.7 Å². The summed E-state index contributed by atoms with van der Waals surface area (Å²) in [7, 11) is -3.56. The van der Waals surface area contributed by atoms with E-state index in [1.807, 2.05) is 18.2 Å². The molecule has 0 unspecified atom stereocenters. The summed E-state index contributed by atoms with van der Waals surface area (Å²) >= 11 is 6.05. The molecule has 1 amide bonds. The molecule has 0 bridgehead atoms. The van der Waals surface area contributed by atoms with Gasteiger partial charge in [-0.05, 0) is 24.5 Å². The lowest BCUT2D eigenvalue weighted by Crippen LogP contribution is -2.28. The summed E-state index contributed by atoms with van der Waals surface area (Å²) in [5, 5.41) is 3.33. The second-order valence-electron chi connectivity index (χ2n) is 5.86. The average Bonchev–Trinajstić information content (AvgIpc) is 3.26. The summed E-state index contributed by atoms with van der Waals surface area (Å²) in [5.41, 5.74) is 0.820. The number of benzene rings is 1. The van der Waals surface area contributed by atoms with Crippen LogP contribution in [0.1, 0.15) is 18.4 Å². The third-order valence-corrected chi connectivity index (χ3v) is 6.19. The average molecular weight is 383 g/mol. The summed E-state index contributed by atoms with van der Waals surface area (Å²) in [5.74, 6) is -0.248. The molecular formula is C16H19ClN4O3S. The Balaban J connectivity index is 1.59. The van der Waals surface area contributed by atoms with Crippen LogP contribution in [-0.2, 0) is 27.9 Å². The van der Waals surface area contributed by atoms with Crippen LogP contribution in [-0.4, -0.2) is 41.3 Å². The SMILES string of the molecule is O=C(Cn1cnc(S(=O)(=O)N2CCCC2)c1)NCc1ccccc1Cl. The topological polar surface area (TPSA) is 84.3 Å². The number of carbonyl (C=O) groups excluding carboxylic acids is 1. The molecule has 1 aromatic heterocycles. The molecule has 0 saturated carbocycles. The number of halogens is 1. The molecule has 1 aliphatic heterocycles. The van der Waals surface area contributed by atoms with Crippen molar-refractivity contribution in [2.45, 2.75) is 31.0 Å². The van der Waals surface area contributed by atoms with Crippen LogP contribution >= 0.6 is 11.6 Å². The number of aromatic nitrogens is 2. The predicted octanol–water partition coefficient (Wildman–Crippen LogP) is 1.64. The Labute approximate surface area is 151 Å². The van der Waals surface area contributed by atoms with Gasteiger partial charge in [-0.3, -0.25) is 4.79 Å². The summed E-state index contributed by atoms with van der Waals surface area (Å²) in [6, 6.07) is 7.26. The number of nitrogens with one attached hydrogen (secondary N) is 1. The van der Waals surface area contributed by atoms with Crippen LogP contribution in [0.3, 0.4) is 0 Å². The highest BCUT2D eigenvalue weighted by Crippen LogP contribution is 2.19. The molecule has 0 radical (unpaired) electrons.